The Balaban J connectivity index is 5.19. The number of phosphoric ester groups is 2. The quantitative estimate of drug-likeness (QED) is 0.0222. The van der Waals surface area contributed by atoms with Crippen molar-refractivity contribution in [2.24, 2.45) is 0 Å². The Hall–Kier alpha value is -1.94. The average Bonchev–Trinajstić information content (AvgIpc) is 3.18. The van der Waals surface area contributed by atoms with E-state index in [9.17, 15) is 43.2 Å². The summed E-state index contributed by atoms with van der Waals surface area (Å²) in [7, 11) is -9.90. The Bertz CT molecular complexity index is 1760. The second-order valence-corrected chi connectivity index (χ2v) is 29.2. The van der Waals surface area contributed by atoms with E-state index < -0.39 is 97.5 Å². The molecule has 0 saturated heterocycles. The molecule has 0 amide bonds. The minimum Gasteiger partial charge on any atom is -0.462 e. The summed E-state index contributed by atoms with van der Waals surface area (Å²) in [5.74, 6) is -2.12. The molecule has 546 valence electrons. The maximum Gasteiger partial charge on any atom is 0.472 e. The standard InChI is InChI=1S/C73H142O17P2/c1-5-9-13-17-21-24-27-30-33-34-35-38-41-44-48-52-56-60-73(78)90-69(64-84-71(76)58-54-50-46-42-39-36-31-28-25-22-18-14-10-6-2)66-88-92(81,82)86-62-67(74)61-85-91(79,80)87-65-68(63-83-70(75)57-53-49-45-20-16-12-8-4)89-72(77)59-55-51-47-43-40-37-32-29-26-23-19-15-11-7-3/h67-69,74H,5-66H2,1-4H3,(H,79,80)(H,81,82)/t67-,68+,69+/m0/s1. The summed E-state index contributed by atoms with van der Waals surface area (Å²) in [5.41, 5.74) is 0. The van der Waals surface area contributed by atoms with E-state index in [4.69, 9.17) is 37.0 Å². The van der Waals surface area contributed by atoms with Crippen LogP contribution in [0.25, 0.3) is 0 Å². The Morgan fingerprint density at radius 1 is 0.261 bits per heavy atom. The highest BCUT2D eigenvalue weighted by Crippen LogP contribution is 2.45. The molecule has 0 heterocycles. The lowest BCUT2D eigenvalue weighted by molar-refractivity contribution is -0.161. The van der Waals surface area contributed by atoms with Crippen molar-refractivity contribution in [2.75, 3.05) is 39.6 Å². The van der Waals surface area contributed by atoms with Crippen molar-refractivity contribution in [3.05, 3.63) is 0 Å². The van der Waals surface area contributed by atoms with Crippen LogP contribution in [0.2, 0.25) is 0 Å². The number of carbonyl (C=O) groups is 4. The summed E-state index contributed by atoms with van der Waals surface area (Å²) in [6.45, 7) is 4.94. The maximum atomic E-state index is 13.0. The van der Waals surface area contributed by atoms with Crippen molar-refractivity contribution >= 4 is 39.5 Å². The predicted octanol–water partition coefficient (Wildman–Crippen LogP) is 21.4. The third kappa shape index (κ3) is 66.7. The Morgan fingerprint density at radius 2 is 0.435 bits per heavy atom. The number of unbranched alkanes of at least 4 members (excludes halogenated alkanes) is 48. The molecule has 2 unspecified atom stereocenters. The minimum atomic E-state index is -4.95. The molecule has 0 radical (unpaired) electrons. The largest absolute Gasteiger partial charge is 0.472 e. The number of aliphatic hydroxyl groups is 1. The SMILES string of the molecule is CCCCCCCCCCCCCCCCCCCC(=O)O[C@H](COC(=O)CCCCCCCCCCCCCCCC)COP(=O)(O)OC[C@@H](O)COP(=O)(O)OC[C@@H](COC(=O)CCCCCCCCC)OC(=O)CCCCCCCCCCCCCCCC. The lowest BCUT2D eigenvalue weighted by Crippen LogP contribution is -2.30. The molecule has 0 aliphatic rings. The van der Waals surface area contributed by atoms with Gasteiger partial charge < -0.3 is 33.8 Å². The van der Waals surface area contributed by atoms with Gasteiger partial charge in [-0.2, -0.15) is 0 Å². The van der Waals surface area contributed by atoms with Gasteiger partial charge in [-0.25, -0.2) is 9.13 Å². The van der Waals surface area contributed by atoms with Gasteiger partial charge in [0, 0.05) is 25.7 Å². The van der Waals surface area contributed by atoms with E-state index in [1.807, 2.05) is 0 Å². The van der Waals surface area contributed by atoms with Gasteiger partial charge in [-0.1, -0.05) is 336 Å². The van der Waals surface area contributed by atoms with E-state index in [0.717, 1.165) is 103 Å². The van der Waals surface area contributed by atoms with Crippen LogP contribution in [0.1, 0.15) is 387 Å². The highest BCUT2D eigenvalue weighted by molar-refractivity contribution is 7.47. The summed E-state index contributed by atoms with van der Waals surface area (Å²) in [4.78, 5) is 72.6. The molecule has 5 atom stereocenters. The van der Waals surface area contributed by atoms with Gasteiger partial charge in [0.1, 0.15) is 19.3 Å². The Labute approximate surface area is 562 Å². The maximum absolute atomic E-state index is 13.0. The number of ether oxygens (including phenoxy) is 4. The molecule has 0 saturated carbocycles. The van der Waals surface area contributed by atoms with Gasteiger partial charge in [-0.3, -0.25) is 37.3 Å². The molecule has 0 fully saturated rings. The molecule has 3 N–H and O–H groups in total. The number of rotatable bonds is 74. The smallest absolute Gasteiger partial charge is 0.462 e. The third-order valence-electron chi connectivity index (χ3n) is 17.1. The second kappa shape index (κ2) is 67.6. The van der Waals surface area contributed by atoms with E-state index in [-0.39, 0.29) is 25.7 Å². The van der Waals surface area contributed by atoms with Crippen LogP contribution in [-0.2, 0) is 65.4 Å². The molecule has 17 nitrogen and oxygen atoms in total. The summed E-state index contributed by atoms with van der Waals surface area (Å²) in [6.07, 6.45) is 56.9. The van der Waals surface area contributed by atoms with Crippen molar-refractivity contribution in [1.82, 2.24) is 0 Å². The molecule has 0 aromatic rings. The van der Waals surface area contributed by atoms with Crippen LogP contribution in [0, 0.1) is 0 Å². The van der Waals surface area contributed by atoms with E-state index in [1.54, 1.807) is 0 Å². The molecule has 0 aliphatic heterocycles. The Morgan fingerprint density at radius 3 is 0.641 bits per heavy atom. The van der Waals surface area contributed by atoms with E-state index >= 15 is 0 Å². The number of hydrogen-bond donors (Lipinski definition) is 3. The topological polar surface area (TPSA) is 237 Å². The van der Waals surface area contributed by atoms with E-state index in [0.29, 0.717) is 25.7 Å². The zero-order chi connectivity index (χ0) is 67.5. The van der Waals surface area contributed by atoms with Gasteiger partial charge in [0.2, 0.25) is 0 Å². The summed E-state index contributed by atoms with van der Waals surface area (Å²) in [6, 6.07) is 0. The van der Waals surface area contributed by atoms with E-state index in [2.05, 4.69) is 27.7 Å². The zero-order valence-electron chi connectivity index (χ0n) is 59.5. The molecule has 92 heavy (non-hydrogen) atoms. The van der Waals surface area contributed by atoms with Crippen LogP contribution in [0.4, 0.5) is 0 Å². The van der Waals surface area contributed by atoms with Gasteiger partial charge in [0.25, 0.3) is 0 Å². The third-order valence-corrected chi connectivity index (χ3v) is 19.0. The molecule has 0 aromatic carbocycles. The first-order valence-corrected chi connectivity index (χ1v) is 41.3. The highest BCUT2D eigenvalue weighted by Gasteiger charge is 2.30. The molecule has 0 bridgehead atoms. The van der Waals surface area contributed by atoms with Crippen LogP contribution in [0.5, 0.6) is 0 Å². The lowest BCUT2D eigenvalue weighted by atomic mass is 10.0. The van der Waals surface area contributed by atoms with Crippen molar-refractivity contribution in [1.29, 1.82) is 0 Å². The van der Waals surface area contributed by atoms with Gasteiger partial charge in [-0.15, -0.1) is 0 Å². The minimum absolute atomic E-state index is 0.108. The van der Waals surface area contributed by atoms with Crippen LogP contribution < -0.4 is 0 Å². The van der Waals surface area contributed by atoms with Crippen LogP contribution >= 0.6 is 15.6 Å². The number of phosphoric acid groups is 2. The van der Waals surface area contributed by atoms with Crippen molar-refractivity contribution in [3.8, 4) is 0 Å². The van der Waals surface area contributed by atoms with Crippen molar-refractivity contribution < 1.29 is 80.2 Å². The summed E-state index contributed by atoms with van der Waals surface area (Å²) in [5, 5.41) is 10.6. The fourth-order valence-corrected chi connectivity index (χ4v) is 12.8. The first-order chi connectivity index (χ1) is 44.7. The zero-order valence-corrected chi connectivity index (χ0v) is 61.3. The summed E-state index contributed by atoms with van der Waals surface area (Å²) < 4.78 is 68.3. The van der Waals surface area contributed by atoms with Crippen LogP contribution in [0.15, 0.2) is 0 Å². The average molecular weight is 1350 g/mol. The number of aliphatic hydroxyl groups excluding tert-OH is 1. The van der Waals surface area contributed by atoms with Crippen LogP contribution in [0.3, 0.4) is 0 Å². The van der Waals surface area contributed by atoms with Gasteiger partial charge in [0.05, 0.1) is 26.4 Å². The molecule has 0 aromatic heterocycles. The fourth-order valence-electron chi connectivity index (χ4n) is 11.2. The molecular weight excluding hydrogens is 1210 g/mol. The number of carbonyl (C=O) groups excluding carboxylic acids is 4. The second-order valence-electron chi connectivity index (χ2n) is 26.3. The van der Waals surface area contributed by atoms with E-state index in [1.165, 1.54) is 205 Å². The van der Waals surface area contributed by atoms with Gasteiger partial charge in [-0.05, 0) is 25.7 Å². The van der Waals surface area contributed by atoms with Crippen LogP contribution in [-0.4, -0.2) is 96.7 Å². The first kappa shape index (κ1) is 90.1. The highest BCUT2D eigenvalue weighted by atomic mass is 31.2. The first-order valence-electron chi connectivity index (χ1n) is 38.3. The van der Waals surface area contributed by atoms with Crippen molar-refractivity contribution in [3.63, 3.8) is 0 Å². The predicted molar refractivity (Wildman–Crippen MR) is 372 cm³/mol. The molecule has 19 heteroatoms. The Kier molecular flexibility index (Phi) is 66.2. The number of esters is 4. The molecule has 0 spiro atoms. The summed E-state index contributed by atoms with van der Waals surface area (Å²) >= 11 is 0. The fraction of sp³-hybridized carbons (Fsp3) is 0.945. The monoisotopic (exact) mass is 1350 g/mol. The molecule has 0 rings (SSSR count). The molecule has 0 aliphatic carbocycles. The molecular formula is C73H142O17P2. The number of hydrogen-bond acceptors (Lipinski definition) is 15. The lowest BCUT2D eigenvalue weighted by Gasteiger charge is -2.21. The normalized spacial score (nSPS) is 13.9. The van der Waals surface area contributed by atoms with Crippen molar-refractivity contribution in [2.45, 2.75) is 406 Å². The van der Waals surface area contributed by atoms with Gasteiger partial charge >= 0.3 is 39.5 Å². The van der Waals surface area contributed by atoms with Gasteiger partial charge in [0.15, 0.2) is 12.2 Å².